The molecule has 1 heterocycles. The maximum Gasteiger partial charge on any atom is 0.144 e. The van der Waals surface area contributed by atoms with E-state index in [1.165, 1.54) is 0 Å². The van der Waals surface area contributed by atoms with Crippen LogP contribution in [0.2, 0.25) is 0 Å². The van der Waals surface area contributed by atoms with Crippen molar-refractivity contribution in [3.05, 3.63) is 23.8 Å². The molecule has 1 aliphatic rings. The van der Waals surface area contributed by atoms with Crippen LogP contribution in [0.3, 0.4) is 0 Å². The van der Waals surface area contributed by atoms with Crippen LogP contribution in [-0.2, 0) is 15.5 Å². The van der Waals surface area contributed by atoms with Gasteiger partial charge in [-0.3, -0.25) is 4.21 Å². The van der Waals surface area contributed by atoms with E-state index in [4.69, 9.17) is 10.5 Å². The molecule has 1 aromatic carbocycles. The number of nitrogen functional groups attached to an aromatic ring is 1. The predicted octanol–water partition coefficient (Wildman–Crippen LogP) is 2.22. The minimum Gasteiger partial charge on any atom is -0.399 e. The average molecular weight is 275 g/mol. The Balaban J connectivity index is 2.13. The largest absolute Gasteiger partial charge is 0.399 e. The van der Waals surface area contributed by atoms with Crippen LogP contribution < -0.4 is 5.73 Å². The van der Waals surface area contributed by atoms with E-state index >= 15 is 0 Å². The zero-order chi connectivity index (χ0) is 13.1. The van der Waals surface area contributed by atoms with Crippen molar-refractivity contribution in [2.24, 2.45) is 0 Å². The van der Waals surface area contributed by atoms with Crippen LogP contribution in [0.4, 0.5) is 14.5 Å². The molecule has 0 radical (unpaired) electrons. The fraction of sp³-hybridized carbons (Fsp3) is 0.500. The van der Waals surface area contributed by atoms with Gasteiger partial charge in [-0.2, -0.15) is 0 Å². The second-order valence-electron chi connectivity index (χ2n) is 4.31. The van der Waals surface area contributed by atoms with Crippen molar-refractivity contribution in [1.82, 2.24) is 0 Å². The van der Waals surface area contributed by atoms with Gasteiger partial charge in [0.1, 0.15) is 16.5 Å². The van der Waals surface area contributed by atoms with Gasteiger partial charge in [0.05, 0.1) is 22.7 Å². The van der Waals surface area contributed by atoms with E-state index < -0.39 is 27.3 Å². The number of rotatable bonds is 3. The van der Waals surface area contributed by atoms with Crippen molar-refractivity contribution in [1.29, 1.82) is 0 Å². The van der Waals surface area contributed by atoms with Gasteiger partial charge in [-0.25, -0.2) is 8.78 Å². The third-order valence-electron chi connectivity index (χ3n) is 2.86. The van der Waals surface area contributed by atoms with E-state index in [9.17, 15) is 13.0 Å². The molecule has 100 valence electrons. The first kappa shape index (κ1) is 13.4. The van der Waals surface area contributed by atoms with Crippen molar-refractivity contribution < 1.29 is 17.7 Å². The van der Waals surface area contributed by atoms with Crippen LogP contribution in [0.5, 0.6) is 0 Å². The summed E-state index contributed by atoms with van der Waals surface area (Å²) in [6.07, 6.45) is 2.57. The van der Waals surface area contributed by atoms with Gasteiger partial charge in [-0.05, 0) is 31.4 Å². The smallest absolute Gasteiger partial charge is 0.144 e. The summed E-state index contributed by atoms with van der Waals surface area (Å²) in [6, 6.07) is 1.97. The Morgan fingerprint density at radius 1 is 1.33 bits per heavy atom. The first-order valence-corrected chi connectivity index (χ1v) is 7.14. The third kappa shape index (κ3) is 3.05. The summed E-state index contributed by atoms with van der Waals surface area (Å²) < 4.78 is 44.5. The molecule has 1 aliphatic heterocycles. The summed E-state index contributed by atoms with van der Waals surface area (Å²) in [5, 5.41) is 0. The lowest BCUT2D eigenvalue weighted by Gasteiger charge is -2.22. The number of hydrogen-bond donors (Lipinski definition) is 1. The molecule has 0 bridgehead atoms. The lowest BCUT2D eigenvalue weighted by molar-refractivity contribution is 0.0310. The molecule has 1 saturated heterocycles. The first-order valence-electron chi connectivity index (χ1n) is 5.82. The standard InChI is InChI=1S/C12H15F2NO2S/c13-10-5-8(15)6-11(14)12(10)18(16)7-9-3-1-2-4-17-9/h5-6,9H,1-4,7,15H2. The van der Waals surface area contributed by atoms with Crippen LogP contribution in [0, 0.1) is 11.6 Å². The second kappa shape index (κ2) is 5.75. The minimum absolute atomic E-state index is 0.0142. The Kier molecular flexibility index (Phi) is 4.29. The summed E-state index contributed by atoms with van der Waals surface area (Å²) in [7, 11) is -1.74. The Hall–Kier alpha value is -1.01. The minimum atomic E-state index is -1.74. The molecule has 6 heteroatoms. The van der Waals surface area contributed by atoms with Gasteiger partial charge in [0.2, 0.25) is 0 Å². The number of anilines is 1. The highest BCUT2D eigenvalue weighted by atomic mass is 32.2. The predicted molar refractivity (Wildman–Crippen MR) is 65.6 cm³/mol. The van der Waals surface area contributed by atoms with E-state index in [1.807, 2.05) is 0 Å². The Morgan fingerprint density at radius 2 is 2.00 bits per heavy atom. The number of hydrogen-bond acceptors (Lipinski definition) is 3. The Bertz CT molecular complexity index is 438. The number of nitrogens with two attached hydrogens (primary N) is 1. The van der Waals surface area contributed by atoms with Gasteiger partial charge in [-0.15, -0.1) is 0 Å². The van der Waals surface area contributed by atoms with Crippen LogP contribution in [-0.4, -0.2) is 22.7 Å². The SMILES string of the molecule is Nc1cc(F)c(S(=O)CC2CCCCO2)c(F)c1. The van der Waals surface area contributed by atoms with Gasteiger partial charge in [0, 0.05) is 12.3 Å². The van der Waals surface area contributed by atoms with Crippen molar-refractivity contribution in [3.63, 3.8) is 0 Å². The zero-order valence-corrected chi connectivity index (χ0v) is 10.6. The molecule has 1 aromatic rings. The molecule has 0 saturated carbocycles. The lowest BCUT2D eigenvalue weighted by Crippen LogP contribution is -2.25. The number of ether oxygens (including phenoxy) is 1. The number of halogens is 2. The molecular formula is C12H15F2NO2S. The normalized spacial score (nSPS) is 21.8. The monoisotopic (exact) mass is 275 g/mol. The maximum absolute atomic E-state index is 13.6. The van der Waals surface area contributed by atoms with Crippen molar-refractivity contribution in [2.75, 3.05) is 18.1 Å². The highest BCUT2D eigenvalue weighted by Crippen LogP contribution is 2.23. The molecule has 18 heavy (non-hydrogen) atoms. The number of benzene rings is 1. The van der Waals surface area contributed by atoms with Gasteiger partial charge in [-0.1, -0.05) is 0 Å². The molecule has 2 atom stereocenters. The second-order valence-corrected chi connectivity index (χ2v) is 5.75. The Labute approximate surface area is 107 Å². The third-order valence-corrected chi connectivity index (χ3v) is 4.38. The van der Waals surface area contributed by atoms with Gasteiger partial charge >= 0.3 is 0 Å². The quantitative estimate of drug-likeness (QED) is 0.861. The van der Waals surface area contributed by atoms with E-state index in [0.717, 1.165) is 31.4 Å². The summed E-state index contributed by atoms with van der Waals surface area (Å²) >= 11 is 0. The maximum atomic E-state index is 13.6. The molecule has 0 spiro atoms. The van der Waals surface area contributed by atoms with Crippen LogP contribution >= 0.6 is 0 Å². The summed E-state index contributed by atoms with van der Waals surface area (Å²) in [5.74, 6) is -1.60. The molecule has 2 unspecified atom stereocenters. The van der Waals surface area contributed by atoms with E-state index in [1.54, 1.807) is 0 Å². The van der Waals surface area contributed by atoms with Crippen LogP contribution in [0.15, 0.2) is 17.0 Å². The molecular weight excluding hydrogens is 260 g/mol. The molecule has 0 aliphatic carbocycles. The summed E-state index contributed by atoms with van der Waals surface area (Å²) in [5.41, 5.74) is 5.29. The van der Waals surface area contributed by atoms with E-state index in [-0.39, 0.29) is 17.5 Å². The topological polar surface area (TPSA) is 52.3 Å². The molecule has 0 amide bonds. The zero-order valence-electron chi connectivity index (χ0n) is 9.83. The van der Waals surface area contributed by atoms with Crippen LogP contribution in [0.25, 0.3) is 0 Å². The first-order chi connectivity index (χ1) is 8.58. The van der Waals surface area contributed by atoms with Crippen molar-refractivity contribution in [2.45, 2.75) is 30.3 Å². The highest BCUT2D eigenvalue weighted by Gasteiger charge is 2.22. The fourth-order valence-corrected chi connectivity index (χ4v) is 3.31. The van der Waals surface area contributed by atoms with Crippen molar-refractivity contribution >= 4 is 16.5 Å². The molecule has 0 aromatic heterocycles. The van der Waals surface area contributed by atoms with Crippen LogP contribution in [0.1, 0.15) is 19.3 Å². The highest BCUT2D eigenvalue weighted by molar-refractivity contribution is 7.85. The van der Waals surface area contributed by atoms with Gasteiger partial charge < -0.3 is 10.5 Å². The molecule has 2 rings (SSSR count). The van der Waals surface area contributed by atoms with E-state index in [2.05, 4.69) is 0 Å². The van der Waals surface area contributed by atoms with E-state index in [0.29, 0.717) is 6.61 Å². The lowest BCUT2D eigenvalue weighted by atomic mass is 10.1. The Morgan fingerprint density at radius 3 is 2.56 bits per heavy atom. The summed E-state index contributed by atoms with van der Waals surface area (Å²) in [4.78, 5) is -0.404. The van der Waals surface area contributed by atoms with Gasteiger partial charge in [0.25, 0.3) is 0 Å². The average Bonchev–Trinajstić information content (AvgIpc) is 2.28. The fourth-order valence-electron chi connectivity index (χ4n) is 1.99. The van der Waals surface area contributed by atoms with Gasteiger partial charge in [0.15, 0.2) is 0 Å². The molecule has 1 fully saturated rings. The van der Waals surface area contributed by atoms with Crippen molar-refractivity contribution in [3.8, 4) is 0 Å². The summed E-state index contributed by atoms with van der Waals surface area (Å²) in [6.45, 7) is 0.620. The molecule has 3 nitrogen and oxygen atoms in total. The molecule has 2 N–H and O–H groups in total.